The van der Waals surface area contributed by atoms with Gasteiger partial charge in [0.1, 0.15) is 0 Å². The van der Waals surface area contributed by atoms with E-state index in [4.69, 9.17) is 4.74 Å². The van der Waals surface area contributed by atoms with Gasteiger partial charge in [0.05, 0.1) is 19.0 Å². The van der Waals surface area contributed by atoms with Crippen LogP contribution in [0.2, 0.25) is 0 Å². The number of hydrogen-bond acceptors (Lipinski definition) is 4. The van der Waals surface area contributed by atoms with E-state index in [-0.39, 0.29) is 11.4 Å². The third-order valence-corrected chi connectivity index (χ3v) is 5.31. The molecule has 1 amide bonds. The lowest BCUT2D eigenvalue weighted by atomic mass is 10.0. The molecule has 2 rings (SSSR count). The number of carbonyl (C=O) groups excluding carboxylic acids is 1. The Morgan fingerprint density at radius 1 is 1.32 bits per heavy atom. The molecule has 1 saturated heterocycles. The van der Waals surface area contributed by atoms with E-state index in [2.05, 4.69) is 40.0 Å². The zero-order valence-corrected chi connectivity index (χ0v) is 15.5. The van der Waals surface area contributed by atoms with Crippen LogP contribution in [-0.4, -0.2) is 54.9 Å². The number of morpholine rings is 1. The number of hydrogen-bond donors (Lipinski definition) is 1. The molecule has 0 unspecified atom stereocenters. The third-order valence-electron chi connectivity index (χ3n) is 3.77. The van der Waals surface area contributed by atoms with Crippen LogP contribution >= 0.6 is 27.7 Å². The molecule has 6 heteroatoms. The first kappa shape index (κ1) is 17.8. The Morgan fingerprint density at radius 3 is 2.59 bits per heavy atom. The number of halogens is 1. The molecule has 1 aromatic rings. The maximum atomic E-state index is 12.0. The van der Waals surface area contributed by atoms with Gasteiger partial charge in [-0.25, -0.2) is 0 Å². The zero-order chi connectivity index (χ0) is 16.0. The Hall–Kier alpha value is -0.560. The zero-order valence-electron chi connectivity index (χ0n) is 13.1. The number of carbonyl (C=O) groups is 1. The number of benzene rings is 1. The summed E-state index contributed by atoms with van der Waals surface area (Å²) < 4.78 is 6.43. The first-order valence-electron chi connectivity index (χ1n) is 7.45. The second kappa shape index (κ2) is 8.34. The van der Waals surface area contributed by atoms with Crippen molar-refractivity contribution >= 4 is 33.6 Å². The predicted molar refractivity (Wildman–Crippen MR) is 94.3 cm³/mol. The van der Waals surface area contributed by atoms with Crippen molar-refractivity contribution in [3.8, 4) is 0 Å². The molecule has 1 heterocycles. The summed E-state index contributed by atoms with van der Waals surface area (Å²) in [5, 5.41) is 3.05. The van der Waals surface area contributed by atoms with Crippen LogP contribution in [0, 0.1) is 0 Å². The van der Waals surface area contributed by atoms with Crippen LogP contribution in [0.5, 0.6) is 0 Å². The summed E-state index contributed by atoms with van der Waals surface area (Å²) in [6.07, 6.45) is 0. The summed E-state index contributed by atoms with van der Waals surface area (Å²) in [5.74, 6) is 0.523. The number of nitrogens with one attached hydrogen (secondary N) is 1. The second-order valence-corrected chi connectivity index (χ2v) is 7.90. The molecule has 0 bridgehead atoms. The smallest absolute Gasteiger partial charge is 0.230 e. The van der Waals surface area contributed by atoms with Crippen LogP contribution in [0.3, 0.4) is 0 Å². The van der Waals surface area contributed by atoms with Crippen LogP contribution in [0.4, 0.5) is 0 Å². The molecule has 122 valence electrons. The van der Waals surface area contributed by atoms with Gasteiger partial charge in [-0.05, 0) is 38.1 Å². The monoisotopic (exact) mass is 386 g/mol. The topological polar surface area (TPSA) is 41.6 Å². The maximum absolute atomic E-state index is 12.0. The van der Waals surface area contributed by atoms with Crippen molar-refractivity contribution in [3.63, 3.8) is 0 Å². The van der Waals surface area contributed by atoms with Crippen LogP contribution in [0.15, 0.2) is 33.6 Å². The second-order valence-electron chi connectivity index (χ2n) is 5.93. The standard InChI is InChI=1S/C16H23BrN2O2S/c1-16(2,19-7-9-21-10-8-19)12-18-15(20)11-22-14-5-3-13(17)4-6-14/h3-6H,7-12H2,1-2H3,(H,18,20). The van der Waals surface area contributed by atoms with Crippen molar-refractivity contribution in [1.82, 2.24) is 10.2 Å². The number of thioether (sulfide) groups is 1. The minimum Gasteiger partial charge on any atom is -0.379 e. The fraction of sp³-hybridized carbons (Fsp3) is 0.562. The molecule has 1 fully saturated rings. The van der Waals surface area contributed by atoms with E-state index in [9.17, 15) is 4.79 Å². The fourth-order valence-corrected chi connectivity index (χ4v) is 3.32. The van der Waals surface area contributed by atoms with Gasteiger partial charge in [0.25, 0.3) is 0 Å². The van der Waals surface area contributed by atoms with E-state index >= 15 is 0 Å². The van der Waals surface area contributed by atoms with Crippen LogP contribution in [0.1, 0.15) is 13.8 Å². The van der Waals surface area contributed by atoms with Crippen LogP contribution in [-0.2, 0) is 9.53 Å². The molecule has 22 heavy (non-hydrogen) atoms. The molecular formula is C16H23BrN2O2S. The minimum absolute atomic E-state index is 0.0400. The highest BCUT2D eigenvalue weighted by Crippen LogP contribution is 2.20. The highest BCUT2D eigenvalue weighted by atomic mass is 79.9. The number of amides is 1. The van der Waals surface area contributed by atoms with Gasteiger partial charge in [0.15, 0.2) is 0 Å². The van der Waals surface area contributed by atoms with E-state index < -0.39 is 0 Å². The Balaban J connectivity index is 1.73. The van der Waals surface area contributed by atoms with Gasteiger partial charge in [-0.1, -0.05) is 15.9 Å². The van der Waals surface area contributed by atoms with Crippen LogP contribution < -0.4 is 5.32 Å². The Labute approximate surface area is 145 Å². The fourth-order valence-electron chi connectivity index (χ4n) is 2.33. The van der Waals surface area contributed by atoms with E-state index in [1.807, 2.05) is 24.3 Å². The molecule has 0 spiro atoms. The van der Waals surface area contributed by atoms with Gasteiger partial charge < -0.3 is 10.1 Å². The molecule has 0 atom stereocenters. The third kappa shape index (κ3) is 5.57. The normalized spacial score (nSPS) is 16.5. The molecule has 0 saturated carbocycles. The summed E-state index contributed by atoms with van der Waals surface area (Å²) in [6, 6.07) is 8.00. The largest absolute Gasteiger partial charge is 0.379 e. The lowest BCUT2D eigenvalue weighted by molar-refractivity contribution is -0.119. The summed E-state index contributed by atoms with van der Waals surface area (Å²) >= 11 is 4.96. The van der Waals surface area contributed by atoms with Gasteiger partial charge in [0, 0.05) is 34.5 Å². The highest BCUT2D eigenvalue weighted by Gasteiger charge is 2.28. The number of nitrogens with zero attached hydrogens (tertiary/aromatic N) is 1. The molecule has 1 aliphatic rings. The quantitative estimate of drug-likeness (QED) is 0.763. The molecule has 0 radical (unpaired) electrons. The van der Waals surface area contributed by atoms with Gasteiger partial charge in [0.2, 0.25) is 5.91 Å². The lowest BCUT2D eigenvalue weighted by Crippen LogP contribution is -2.55. The van der Waals surface area contributed by atoms with Crippen molar-refractivity contribution in [3.05, 3.63) is 28.7 Å². The van der Waals surface area contributed by atoms with Gasteiger partial charge >= 0.3 is 0 Å². The molecule has 1 N–H and O–H groups in total. The molecule has 0 aliphatic carbocycles. The molecular weight excluding hydrogens is 364 g/mol. The number of ether oxygens (including phenoxy) is 1. The average Bonchev–Trinajstić information content (AvgIpc) is 2.53. The molecule has 4 nitrogen and oxygen atoms in total. The number of rotatable bonds is 6. The predicted octanol–water partition coefficient (Wildman–Crippen LogP) is 2.77. The van der Waals surface area contributed by atoms with Crippen molar-refractivity contribution in [2.45, 2.75) is 24.3 Å². The first-order valence-corrected chi connectivity index (χ1v) is 9.23. The van der Waals surface area contributed by atoms with E-state index in [1.54, 1.807) is 11.8 Å². The van der Waals surface area contributed by atoms with Gasteiger partial charge in [-0.3, -0.25) is 9.69 Å². The summed E-state index contributed by atoms with van der Waals surface area (Å²) in [5.41, 5.74) is -0.0400. The maximum Gasteiger partial charge on any atom is 0.230 e. The van der Waals surface area contributed by atoms with Gasteiger partial charge in [-0.2, -0.15) is 0 Å². The van der Waals surface area contributed by atoms with Crippen molar-refractivity contribution in [1.29, 1.82) is 0 Å². The molecule has 1 aliphatic heterocycles. The summed E-state index contributed by atoms with van der Waals surface area (Å²) in [6.45, 7) is 8.40. The van der Waals surface area contributed by atoms with Crippen LogP contribution in [0.25, 0.3) is 0 Å². The Kier molecular flexibility index (Phi) is 6.74. The van der Waals surface area contributed by atoms with Crippen molar-refractivity contribution in [2.24, 2.45) is 0 Å². The summed E-state index contributed by atoms with van der Waals surface area (Å²) in [4.78, 5) is 15.5. The first-order chi connectivity index (χ1) is 10.5. The lowest BCUT2D eigenvalue weighted by Gasteiger charge is -2.40. The van der Waals surface area contributed by atoms with E-state index in [1.165, 1.54) is 0 Å². The molecule has 1 aromatic carbocycles. The molecule has 0 aromatic heterocycles. The van der Waals surface area contributed by atoms with Crippen molar-refractivity contribution in [2.75, 3.05) is 38.6 Å². The average molecular weight is 387 g/mol. The van der Waals surface area contributed by atoms with Crippen molar-refractivity contribution < 1.29 is 9.53 Å². The summed E-state index contributed by atoms with van der Waals surface area (Å²) in [7, 11) is 0. The van der Waals surface area contributed by atoms with E-state index in [0.717, 1.165) is 35.7 Å². The van der Waals surface area contributed by atoms with Gasteiger partial charge in [-0.15, -0.1) is 11.8 Å². The minimum atomic E-state index is -0.0400. The highest BCUT2D eigenvalue weighted by molar-refractivity contribution is 9.10. The Morgan fingerprint density at radius 2 is 1.95 bits per heavy atom. The Bertz CT molecular complexity index is 487. The SMILES string of the molecule is CC(C)(CNC(=O)CSc1ccc(Br)cc1)N1CCOCC1. The van der Waals surface area contributed by atoms with E-state index in [0.29, 0.717) is 12.3 Å².